The molecule has 22 heavy (non-hydrogen) atoms. The van der Waals surface area contributed by atoms with E-state index >= 15 is 0 Å². The summed E-state index contributed by atoms with van der Waals surface area (Å²) in [6.07, 6.45) is 5.97. The van der Waals surface area contributed by atoms with E-state index in [1.54, 1.807) is 6.26 Å². The van der Waals surface area contributed by atoms with E-state index in [2.05, 4.69) is 10.6 Å². The maximum Gasteiger partial charge on any atom is 0.315 e. The zero-order valence-corrected chi connectivity index (χ0v) is 12.9. The Labute approximate surface area is 130 Å². The Balaban J connectivity index is 1.64. The summed E-state index contributed by atoms with van der Waals surface area (Å²) in [4.78, 5) is 22.8. The first-order valence-corrected chi connectivity index (χ1v) is 7.87. The standard InChI is InChI=1S/C16H24N2O4/c1-11(4-9-14-3-2-10-22-14)17-16(21)18-13-7-5-12(6-8-13)15(19)20/h2-3,10-13H,4-9H2,1H3,(H,19,20)(H2,17,18,21). The summed E-state index contributed by atoms with van der Waals surface area (Å²) in [6.45, 7) is 1.96. The summed E-state index contributed by atoms with van der Waals surface area (Å²) in [7, 11) is 0. The molecule has 2 amide bonds. The normalized spacial score (nSPS) is 22.8. The number of nitrogens with one attached hydrogen (secondary N) is 2. The molecular weight excluding hydrogens is 284 g/mol. The maximum absolute atomic E-state index is 11.9. The van der Waals surface area contributed by atoms with Crippen molar-refractivity contribution < 1.29 is 19.1 Å². The lowest BCUT2D eigenvalue weighted by Crippen LogP contribution is -2.46. The van der Waals surface area contributed by atoms with Gasteiger partial charge < -0.3 is 20.2 Å². The Hall–Kier alpha value is -1.98. The van der Waals surface area contributed by atoms with Gasteiger partial charge in [-0.15, -0.1) is 0 Å². The van der Waals surface area contributed by atoms with E-state index in [0.717, 1.165) is 31.4 Å². The first kappa shape index (κ1) is 16.4. The van der Waals surface area contributed by atoms with E-state index in [1.165, 1.54) is 0 Å². The number of carboxylic acids is 1. The molecule has 1 unspecified atom stereocenters. The van der Waals surface area contributed by atoms with Crippen molar-refractivity contribution in [2.45, 2.75) is 57.5 Å². The van der Waals surface area contributed by atoms with E-state index in [9.17, 15) is 9.59 Å². The van der Waals surface area contributed by atoms with Crippen LogP contribution in [0.5, 0.6) is 0 Å². The van der Waals surface area contributed by atoms with Crippen LogP contribution in [0.25, 0.3) is 0 Å². The molecule has 1 saturated carbocycles. The molecule has 6 heteroatoms. The minimum atomic E-state index is -0.727. The Morgan fingerprint density at radius 2 is 2.09 bits per heavy atom. The van der Waals surface area contributed by atoms with Crippen molar-refractivity contribution in [1.29, 1.82) is 0 Å². The third kappa shape index (κ3) is 5.09. The van der Waals surface area contributed by atoms with E-state index in [4.69, 9.17) is 9.52 Å². The fraction of sp³-hybridized carbons (Fsp3) is 0.625. The van der Waals surface area contributed by atoms with Gasteiger partial charge >= 0.3 is 12.0 Å². The molecule has 1 fully saturated rings. The van der Waals surface area contributed by atoms with Gasteiger partial charge in [-0.25, -0.2) is 4.79 Å². The van der Waals surface area contributed by atoms with Crippen LogP contribution >= 0.6 is 0 Å². The number of rotatable bonds is 6. The van der Waals surface area contributed by atoms with Crippen LogP contribution in [0.15, 0.2) is 22.8 Å². The first-order chi connectivity index (χ1) is 10.5. The van der Waals surface area contributed by atoms with Gasteiger partial charge in [0.15, 0.2) is 0 Å². The van der Waals surface area contributed by atoms with Crippen molar-refractivity contribution in [3.63, 3.8) is 0 Å². The summed E-state index contributed by atoms with van der Waals surface area (Å²) in [5.74, 6) is -0.0659. The minimum Gasteiger partial charge on any atom is -0.481 e. The first-order valence-electron chi connectivity index (χ1n) is 7.87. The number of urea groups is 1. The van der Waals surface area contributed by atoms with Crippen LogP contribution in [0.1, 0.15) is 44.8 Å². The van der Waals surface area contributed by atoms with E-state index in [0.29, 0.717) is 12.8 Å². The number of aryl methyl sites for hydroxylation is 1. The van der Waals surface area contributed by atoms with Gasteiger partial charge in [0.25, 0.3) is 0 Å². The molecule has 6 nitrogen and oxygen atoms in total. The van der Waals surface area contributed by atoms with E-state index < -0.39 is 5.97 Å². The molecule has 0 saturated heterocycles. The molecule has 0 spiro atoms. The van der Waals surface area contributed by atoms with Crippen LogP contribution in [-0.2, 0) is 11.2 Å². The highest BCUT2D eigenvalue weighted by atomic mass is 16.4. The predicted molar refractivity (Wildman–Crippen MR) is 81.5 cm³/mol. The van der Waals surface area contributed by atoms with Crippen LogP contribution in [0.4, 0.5) is 4.79 Å². The zero-order chi connectivity index (χ0) is 15.9. The molecule has 1 aliphatic rings. The lowest BCUT2D eigenvalue weighted by Gasteiger charge is -2.27. The molecule has 0 aromatic carbocycles. The largest absolute Gasteiger partial charge is 0.481 e. The fourth-order valence-electron chi connectivity index (χ4n) is 2.82. The molecule has 0 bridgehead atoms. The Bertz CT molecular complexity index is 478. The summed E-state index contributed by atoms with van der Waals surface area (Å²) >= 11 is 0. The monoisotopic (exact) mass is 308 g/mol. The highest BCUT2D eigenvalue weighted by molar-refractivity contribution is 5.74. The third-order valence-electron chi connectivity index (χ3n) is 4.19. The molecule has 1 aromatic heterocycles. The molecular formula is C16H24N2O4. The maximum atomic E-state index is 11.9. The quantitative estimate of drug-likeness (QED) is 0.753. The van der Waals surface area contributed by atoms with E-state index in [1.807, 2.05) is 19.1 Å². The van der Waals surface area contributed by atoms with Gasteiger partial charge in [-0.3, -0.25) is 4.79 Å². The number of carbonyl (C=O) groups excluding carboxylic acids is 1. The van der Waals surface area contributed by atoms with Crippen LogP contribution < -0.4 is 10.6 Å². The van der Waals surface area contributed by atoms with Crippen molar-refractivity contribution in [2.24, 2.45) is 5.92 Å². The highest BCUT2D eigenvalue weighted by Crippen LogP contribution is 2.24. The average Bonchev–Trinajstić information content (AvgIpc) is 2.99. The Morgan fingerprint density at radius 1 is 1.36 bits per heavy atom. The molecule has 1 atom stereocenters. The minimum absolute atomic E-state index is 0.0560. The number of carboxylic acid groups (broad SMARTS) is 1. The predicted octanol–water partition coefficient (Wildman–Crippen LogP) is 2.54. The number of carbonyl (C=O) groups is 2. The second-order valence-corrected chi connectivity index (χ2v) is 6.02. The Morgan fingerprint density at radius 3 is 2.68 bits per heavy atom. The van der Waals surface area contributed by atoms with Crippen LogP contribution in [-0.4, -0.2) is 29.2 Å². The van der Waals surface area contributed by atoms with Crippen LogP contribution in [0, 0.1) is 5.92 Å². The number of hydrogen-bond acceptors (Lipinski definition) is 3. The average molecular weight is 308 g/mol. The number of amides is 2. The van der Waals surface area contributed by atoms with Gasteiger partial charge in [-0.05, 0) is 51.2 Å². The second kappa shape index (κ2) is 7.87. The molecule has 2 rings (SSSR count). The van der Waals surface area contributed by atoms with Gasteiger partial charge in [0.05, 0.1) is 12.2 Å². The van der Waals surface area contributed by atoms with Crippen LogP contribution in [0.2, 0.25) is 0 Å². The zero-order valence-electron chi connectivity index (χ0n) is 12.9. The van der Waals surface area contributed by atoms with Crippen molar-refractivity contribution in [2.75, 3.05) is 0 Å². The molecule has 0 aliphatic heterocycles. The van der Waals surface area contributed by atoms with Gasteiger partial charge in [0.1, 0.15) is 5.76 Å². The summed E-state index contributed by atoms with van der Waals surface area (Å²) in [5, 5.41) is 14.8. The molecule has 3 N–H and O–H groups in total. The lowest BCUT2D eigenvalue weighted by molar-refractivity contribution is -0.142. The van der Waals surface area contributed by atoms with Crippen molar-refractivity contribution >= 4 is 12.0 Å². The second-order valence-electron chi connectivity index (χ2n) is 6.02. The van der Waals surface area contributed by atoms with E-state index in [-0.39, 0.29) is 24.0 Å². The highest BCUT2D eigenvalue weighted by Gasteiger charge is 2.26. The molecule has 1 aliphatic carbocycles. The smallest absolute Gasteiger partial charge is 0.315 e. The number of furan rings is 1. The molecule has 1 aromatic rings. The van der Waals surface area contributed by atoms with Crippen molar-refractivity contribution in [3.8, 4) is 0 Å². The van der Waals surface area contributed by atoms with Gasteiger partial charge in [0, 0.05) is 18.5 Å². The lowest BCUT2D eigenvalue weighted by atomic mass is 9.86. The molecule has 0 radical (unpaired) electrons. The topological polar surface area (TPSA) is 91.6 Å². The summed E-state index contributed by atoms with van der Waals surface area (Å²) in [6, 6.07) is 3.74. The van der Waals surface area contributed by atoms with Crippen molar-refractivity contribution in [1.82, 2.24) is 10.6 Å². The third-order valence-corrected chi connectivity index (χ3v) is 4.19. The number of aliphatic carboxylic acids is 1. The van der Waals surface area contributed by atoms with Gasteiger partial charge in [0.2, 0.25) is 0 Å². The van der Waals surface area contributed by atoms with Crippen molar-refractivity contribution in [3.05, 3.63) is 24.2 Å². The summed E-state index contributed by atoms with van der Waals surface area (Å²) < 4.78 is 5.26. The van der Waals surface area contributed by atoms with Gasteiger partial charge in [-0.1, -0.05) is 0 Å². The molecule has 122 valence electrons. The SMILES string of the molecule is CC(CCc1ccco1)NC(=O)NC1CCC(C(=O)O)CC1. The fourth-order valence-corrected chi connectivity index (χ4v) is 2.82. The van der Waals surface area contributed by atoms with Gasteiger partial charge in [-0.2, -0.15) is 0 Å². The van der Waals surface area contributed by atoms with Crippen LogP contribution in [0.3, 0.4) is 0 Å². The summed E-state index contributed by atoms with van der Waals surface area (Å²) in [5.41, 5.74) is 0. The number of hydrogen-bond donors (Lipinski definition) is 3. The Kier molecular flexibility index (Phi) is 5.86. The molecule has 1 heterocycles.